The molecular formula is C20H20N4O4. The second kappa shape index (κ2) is 6.33. The molecule has 3 heterocycles. The largest absolute Gasteiger partial charge is 0.506 e. The van der Waals surface area contributed by atoms with Crippen LogP contribution >= 0.6 is 0 Å². The number of aromatic hydroxyl groups is 1. The van der Waals surface area contributed by atoms with Crippen LogP contribution in [-0.4, -0.2) is 31.7 Å². The molecule has 8 nitrogen and oxygen atoms in total. The zero-order chi connectivity index (χ0) is 20.2. The minimum atomic E-state index is -0.510. The van der Waals surface area contributed by atoms with E-state index in [4.69, 9.17) is 0 Å². The maximum absolute atomic E-state index is 13.2. The molecule has 0 saturated heterocycles. The fraction of sp³-hybridized carbons (Fsp3) is 0.300. The summed E-state index contributed by atoms with van der Waals surface area (Å²) in [6, 6.07) is 8.21. The van der Waals surface area contributed by atoms with Crippen LogP contribution in [-0.2, 0) is 14.1 Å². The maximum atomic E-state index is 13.2. The summed E-state index contributed by atoms with van der Waals surface area (Å²) in [4.78, 5) is 43.5. The fourth-order valence-electron chi connectivity index (χ4n) is 3.75. The van der Waals surface area contributed by atoms with Crippen LogP contribution in [0.25, 0.3) is 11.0 Å². The molecular weight excluding hydrogens is 360 g/mol. The number of aromatic nitrogens is 3. The highest BCUT2D eigenvalue weighted by Gasteiger charge is 2.30. The average Bonchev–Trinajstić information content (AvgIpc) is 2.70. The van der Waals surface area contributed by atoms with Gasteiger partial charge in [0.25, 0.3) is 11.5 Å². The highest BCUT2D eigenvalue weighted by atomic mass is 16.3. The van der Waals surface area contributed by atoms with Gasteiger partial charge in [0.15, 0.2) is 0 Å². The van der Waals surface area contributed by atoms with Crippen molar-refractivity contribution in [3.05, 3.63) is 62.4 Å². The van der Waals surface area contributed by atoms with Crippen molar-refractivity contribution in [3.63, 3.8) is 0 Å². The van der Waals surface area contributed by atoms with Crippen LogP contribution in [0.4, 0.5) is 5.69 Å². The van der Waals surface area contributed by atoms with Gasteiger partial charge in [-0.3, -0.25) is 18.7 Å². The van der Waals surface area contributed by atoms with Gasteiger partial charge in [0.1, 0.15) is 17.1 Å². The Hall–Kier alpha value is -3.42. The van der Waals surface area contributed by atoms with Crippen LogP contribution in [0.1, 0.15) is 35.3 Å². The van der Waals surface area contributed by atoms with Gasteiger partial charge in [0.05, 0.1) is 11.1 Å². The molecule has 1 N–H and O–H groups in total. The number of benzene rings is 1. The SMILES string of the molecule is CC1CCN(C(=O)c2ccc3c(=O)n(C)c(=O)n(C)c3n2)c2c(O)cccc21. The Balaban J connectivity index is 1.86. The van der Waals surface area contributed by atoms with Crippen molar-refractivity contribution < 1.29 is 9.90 Å². The van der Waals surface area contributed by atoms with E-state index < -0.39 is 11.2 Å². The van der Waals surface area contributed by atoms with E-state index in [0.717, 1.165) is 16.6 Å². The minimum absolute atomic E-state index is 0.0412. The number of fused-ring (bicyclic) bond motifs is 2. The van der Waals surface area contributed by atoms with E-state index in [1.807, 2.05) is 6.07 Å². The number of carbonyl (C=O) groups excluding carboxylic acids is 1. The van der Waals surface area contributed by atoms with Crippen LogP contribution in [0.3, 0.4) is 0 Å². The predicted octanol–water partition coefficient (Wildman–Crippen LogP) is 1.49. The molecule has 2 aromatic heterocycles. The van der Waals surface area contributed by atoms with Crippen molar-refractivity contribution in [2.75, 3.05) is 11.4 Å². The lowest BCUT2D eigenvalue weighted by Gasteiger charge is -2.33. The number of amides is 1. The number of rotatable bonds is 1. The second-order valence-electron chi connectivity index (χ2n) is 7.13. The fourth-order valence-corrected chi connectivity index (χ4v) is 3.75. The van der Waals surface area contributed by atoms with Crippen molar-refractivity contribution in [2.24, 2.45) is 14.1 Å². The Morgan fingerprint density at radius 1 is 1.14 bits per heavy atom. The molecule has 1 aliphatic rings. The second-order valence-corrected chi connectivity index (χ2v) is 7.13. The number of phenolic OH excluding ortho intramolecular Hbond substituents is 1. The third-order valence-corrected chi connectivity index (χ3v) is 5.40. The first-order valence-electron chi connectivity index (χ1n) is 9.01. The van der Waals surface area contributed by atoms with Gasteiger partial charge in [-0.1, -0.05) is 19.1 Å². The summed E-state index contributed by atoms with van der Waals surface area (Å²) in [5.41, 5.74) is 0.692. The summed E-state index contributed by atoms with van der Waals surface area (Å²) in [7, 11) is 2.91. The van der Waals surface area contributed by atoms with Crippen molar-refractivity contribution in [2.45, 2.75) is 19.3 Å². The summed E-state index contributed by atoms with van der Waals surface area (Å²) in [6.07, 6.45) is 0.759. The Morgan fingerprint density at radius 2 is 1.89 bits per heavy atom. The van der Waals surface area contributed by atoms with Crippen molar-refractivity contribution in [1.82, 2.24) is 14.1 Å². The van der Waals surface area contributed by atoms with Gasteiger partial charge in [0.2, 0.25) is 0 Å². The number of nitrogens with zero attached hydrogens (tertiary/aromatic N) is 4. The Kier molecular flexibility index (Phi) is 4.06. The van der Waals surface area contributed by atoms with Crippen LogP contribution < -0.4 is 16.1 Å². The van der Waals surface area contributed by atoms with Gasteiger partial charge in [-0.05, 0) is 36.1 Å². The topological polar surface area (TPSA) is 97.4 Å². The average molecular weight is 380 g/mol. The number of pyridine rings is 1. The number of aryl methyl sites for hydroxylation is 1. The van der Waals surface area contributed by atoms with Gasteiger partial charge in [-0.25, -0.2) is 9.78 Å². The lowest BCUT2D eigenvalue weighted by atomic mass is 9.91. The molecule has 1 aliphatic heterocycles. The van der Waals surface area contributed by atoms with Gasteiger partial charge in [0, 0.05) is 20.6 Å². The van der Waals surface area contributed by atoms with E-state index in [1.165, 1.54) is 35.7 Å². The molecule has 28 heavy (non-hydrogen) atoms. The van der Waals surface area contributed by atoms with E-state index in [-0.39, 0.29) is 34.3 Å². The quantitative estimate of drug-likeness (QED) is 0.690. The van der Waals surface area contributed by atoms with Gasteiger partial charge in [-0.2, -0.15) is 0 Å². The normalized spacial score (nSPS) is 16.2. The standard InChI is InChI=1S/C20H20N4O4/c1-11-9-10-24(16-12(11)5-4-6-15(16)25)19(27)14-8-7-13-17(21-14)22(2)20(28)23(3)18(13)26/h4-8,11,25H,9-10H2,1-3H3. The Morgan fingerprint density at radius 3 is 2.64 bits per heavy atom. The van der Waals surface area contributed by atoms with E-state index in [0.29, 0.717) is 12.2 Å². The number of hydrogen-bond acceptors (Lipinski definition) is 5. The lowest BCUT2D eigenvalue weighted by molar-refractivity contribution is 0.0979. The molecule has 0 aliphatic carbocycles. The number of hydrogen-bond donors (Lipinski definition) is 1. The van der Waals surface area contributed by atoms with E-state index >= 15 is 0 Å². The molecule has 3 aromatic rings. The molecule has 1 aromatic carbocycles. The Labute approximate surface area is 160 Å². The zero-order valence-corrected chi connectivity index (χ0v) is 15.8. The Bertz CT molecular complexity index is 1240. The number of anilines is 1. The van der Waals surface area contributed by atoms with Crippen molar-refractivity contribution >= 4 is 22.6 Å². The third kappa shape index (κ3) is 2.52. The minimum Gasteiger partial charge on any atom is -0.506 e. The molecule has 8 heteroatoms. The summed E-state index contributed by atoms with van der Waals surface area (Å²) in [5, 5.41) is 10.6. The molecule has 1 unspecified atom stereocenters. The van der Waals surface area contributed by atoms with E-state index in [9.17, 15) is 19.5 Å². The monoisotopic (exact) mass is 380 g/mol. The van der Waals surface area contributed by atoms with Crippen LogP contribution in [0.2, 0.25) is 0 Å². The zero-order valence-electron chi connectivity index (χ0n) is 15.8. The molecule has 0 bridgehead atoms. The first kappa shape index (κ1) is 18.0. The summed E-state index contributed by atoms with van der Waals surface area (Å²) in [5.74, 6) is -0.122. The van der Waals surface area contributed by atoms with Gasteiger partial charge >= 0.3 is 5.69 Å². The van der Waals surface area contributed by atoms with Gasteiger partial charge in [-0.15, -0.1) is 0 Å². The number of carbonyl (C=O) groups is 1. The summed E-state index contributed by atoms with van der Waals surface area (Å²) in [6.45, 7) is 2.50. The highest BCUT2D eigenvalue weighted by molar-refractivity contribution is 6.07. The van der Waals surface area contributed by atoms with Crippen molar-refractivity contribution in [3.8, 4) is 5.75 Å². The molecule has 0 radical (unpaired) electrons. The van der Waals surface area contributed by atoms with E-state index in [1.54, 1.807) is 12.1 Å². The van der Waals surface area contributed by atoms with Crippen LogP contribution in [0.15, 0.2) is 39.9 Å². The highest BCUT2D eigenvalue weighted by Crippen LogP contribution is 2.41. The molecule has 1 amide bonds. The van der Waals surface area contributed by atoms with E-state index in [2.05, 4.69) is 11.9 Å². The predicted molar refractivity (Wildman–Crippen MR) is 105 cm³/mol. The van der Waals surface area contributed by atoms with Crippen LogP contribution in [0.5, 0.6) is 5.75 Å². The molecule has 1 atom stereocenters. The first-order chi connectivity index (χ1) is 13.3. The molecule has 4 rings (SSSR count). The first-order valence-corrected chi connectivity index (χ1v) is 9.01. The lowest BCUT2D eigenvalue weighted by Crippen LogP contribution is -2.39. The molecule has 0 fully saturated rings. The number of para-hydroxylation sites is 1. The summed E-state index contributed by atoms with van der Waals surface area (Å²) >= 11 is 0. The maximum Gasteiger partial charge on any atom is 0.332 e. The molecule has 0 spiro atoms. The third-order valence-electron chi connectivity index (χ3n) is 5.40. The van der Waals surface area contributed by atoms with Gasteiger partial charge < -0.3 is 10.0 Å². The smallest absolute Gasteiger partial charge is 0.332 e. The molecule has 144 valence electrons. The van der Waals surface area contributed by atoms with Crippen molar-refractivity contribution in [1.29, 1.82) is 0 Å². The summed E-state index contributed by atoms with van der Waals surface area (Å²) < 4.78 is 2.25. The number of phenols is 1. The molecule has 0 saturated carbocycles. The van der Waals surface area contributed by atoms with Crippen LogP contribution in [0, 0.1) is 0 Å².